The zero-order valence-corrected chi connectivity index (χ0v) is 14.7. The first kappa shape index (κ1) is 18.4. The van der Waals surface area contributed by atoms with Gasteiger partial charge in [0.2, 0.25) is 12.4 Å². The topological polar surface area (TPSA) is 88.1 Å². The second-order valence-electron chi connectivity index (χ2n) is 5.12. The Labute approximate surface area is 147 Å². The van der Waals surface area contributed by atoms with E-state index in [1.165, 1.54) is 13.8 Å². The lowest BCUT2D eigenvalue weighted by Gasteiger charge is -2.23. The summed E-state index contributed by atoms with van der Waals surface area (Å²) in [5, 5.41) is 0.301. The molecule has 1 aromatic carbocycles. The highest BCUT2D eigenvalue weighted by molar-refractivity contribution is 9.09. The molecular weight excluding hydrogens is 384 g/mol. The number of hydrogen-bond acceptors (Lipinski definition) is 7. The molecule has 130 valence electrons. The molecule has 2 rings (SSSR count). The number of esters is 3. The molecular formula is C16H17BrO7. The Morgan fingerprint density at radius 3 is 2.17 bits per heavy atom. The number of benzene rings is 1. The summed E-state index contributed by atoms with van der Waals surface area (Å²) in [5.74, 6) is -1.78. The van der Waals surface area contributed by atoms with Crippen molar-refractivity contribution in [1.29, 1.82) is 0 Å². The molecule has 4 atom stereocenters. The quantitative estimate of drug-likeness (QED) is 0.423. The van der Waals surface area contributed by atoms with Crippen molar-refractivity contribution < 1.29 is 33.3 Å². The number of ether oxygens (including phenoxy) is 4. The molecule has 7 nitrogen and oxygen atoms in total. The highest BCUT2D eigenvalue weighted by Gasteiger charge is 2.50. The summed E-state index contributed by atoms with van der Waals surface area (Å²) in [6.45, 7) is 2.42. The fraction of sp³-hybridized carbons (Fsp3) is 0.438. The minimum atomic E-state index is -1.14. The summed E-state index contributed by atoms with van der Waals surface area (Å²) < 4.78 is 21.2. The molecule has 0 amide bonds. The summed E-state index contributed by atoms with van der Waals surface area (Å²) in [6, 6.07) is 8.39. The van der Waals surface area contributed by atoms with Crippen LogP contribution in [0.5, 0.6) is 0 Å². The second-order valence-corrected chi connectivity index (χ2v) is 5.76. The maximum Gasteiger partial charge on any atom is 0.338 e. The van der Waals surface area contributed by atoms with Crippen LogP contribution in [0.4, 0.5) is 0 Å². The van der Waals surface area contributed by atoms with Gasteiger partial charge in [0.15, 0.2) is 6.10 Å². The maximum atomic E-state index is 12.3. The van der Waals surface area contributed by atoms with Crippen LogP contribution >= 0.6 is 15.9 Å². The van der Waals surface area contributed by atoms with E-state index in [1.54, 1.807) is 30.3 Å². The van der Waals surface area contributed by atoms with E-state index in [1.807, 2.05) is 0 Å². The Balaban J connectivity index is 2.20. The van der Waals surface area contributed by atoms with Crippen molar-refractivity contribution in [1.82, 2.24) is 0 Å². The summed E-state index contributed by atoms with van der Waals surface area (Å²) in [5.41, 5.74) is 0.350. The van der Waals surface area contributed by atoms with Gasteiger partial charge in [0.1, 0.15) is 6.10 Å². The largest absolute Gasteiger partial charge is 0.452 e. The van der Waals surface area contributed by atoms with Crippen molar-refractivity contribution in [3.8, 4) is 0 Å². The van der Waals surface area contributed by atoms with Crippen LogP contribution < -0.4 is 0 Å². The van der Waals surface area contributed by atoms with Gasteiger partial charge in [-0.3, -0.25) is 9.59 Å². The van der Waals surface area contributed by atoms with Gasteiger partial charge in [-0.05, 0) is 12.1 Å². The zero-order valence-electron chi connectivity index (χ0n) is 13.1. The minimum Gasteiger partial charge on any atom is -0.452 e. The first-order valence-electron chi connectivity index (χ1n) is 7.24. The third kappa shape index (κ3) is 4.55. The van der Waals surface area contributed by atoms with Crippen molar-refractivity contribution in [2.24, 2.45) is 0 Å². The van der Waals surface area contributed by atoms with Crippen molar-refractivity contribution in [3.05, 3.63) is 35.9 Å². The molecule has 0 saturated carbocycles. The fourth-order valence-corrected chi connectivity index (χ4v) is 2.82. The molecule has 1 fully saturated rings. The second kappa shape index (κ2) is 8.25. The first-order valence-corrected chi connectivity index (χ1v) is 8.36. The number of rotatable bonds is 5. The van der Waals surface area contributed by atoms with Crippen molar-refractivity contribution in [2.45, 2.75) is 38.4 Å². The van der Waals surface area contributed by atoms with Crippen LogP contribution in [-0.4, -0.2) is 47.8 Å². The molecule has 0 unspecified atom stereocenters. The third-order valence-corrected chi connectivity index (χ3v) is 3.89. The summed E-state index contributed by atoms with van der Waals surface area (Å²) in [4.78, 5) is 34.9. The van der Waals surface area contributed by atoms with Crippen LogP contribution in [0.3, 0.4) is 0 Å². The molecule has 0 spiro atoms. The van der Waals surface area contributed by atoms with Crippen LogP contribution in [0.25, 0.3) is 0 Å². The summed E-state index contributed by atoms with van der Waals surface area (Å²) >= 11 is 3.25. The van der Waals surface area contributed by atoms with Gasteiger partial charge in [0.25, 0.3) is 0 Å². The molecule has 1 aliphatic rings. The SMILES string of the molecule is CC(=O)O[C@H]1O[C@H](CBr)[C@H](OC(=O)c2ccccc2)[C@H]1OC(C)=O. The molecule has 1 aliphatic heterocycles. The van der Waals surface area contributed by atoms with Crippen LogP contribution in [0.15, 0.2) is 30.3 Å². The molecule has 0 aromatic heterocycles. The van der Waals surface area contributed by atoms with Gasteiger partial charge in [0, 0.05) is 19.2 Å². The molecule has 0 bridgehead atoms. The zero-order chi connectivity index (χ0) is 17.7. The molecule has 1 heterocycles. The fourth-order valence-electron chi connectivity index (χ4n) is 2.30. The standard InChI is InChI=1S/C16H17BrO7/c1-9(18)21-14-13(12(8-17)23-16(14)22-10(2)19)24-15(20)11-6-4-3-5-7-11/h3-7,12-14,16H,8H2,1-2H3/t12-,13+,14-,16+/m1/s1. The van der Waals surface area contributed by atoms with Gasteiger partial charge in [0.05, 0.1) is 5.56 Å². The number of halogens is 1. The molecule has 24 heavy (non-hydrogen) atoms. The average Bonchev–Trinajstić information content (AvgIpc) is 2.84. The van der Waals surface area contributed by atoms with Crippen LogP contribution in [-0.2, 0) is 28.5 Å². The molecule has 1 aromatic rings. The lowest BCUT2D eigenvalue weighted by Crippen LogP contribution is -2.41. The molecule has 1 saturated heterocycles. The molecule has 0 N–H and O–H groups in total. The van der Waals surface area contributed by atoms with Gasteiger partial charge in [-0.15, -0.1) is 0 Å². The maximum absolute atomic E-state index is 12.3. The van der Waals surface area contributed by atoms with E-state index < -0.39 is 42.5 Å². The Bertz CT molecular complexity index is 604. The monoisotopic (exact) mass is 400 g/mol. The number of carbonyl (C=O) groups is 3. The Morgan fingerprint density at radius 2 is 1.62 bits per heavy atom. The number of hydrogen-bond donors (Lipinski definition) is 0. The van der Waals surface area contributed by atoms with Gasteiger partial charge in [-0.2, -0.15) is 0 Å². The Morgan fingerprint density at radius 1 is 1.00 bits per heavy atom. The van der Waals surface area contributed by atoms with E-state index in [9.17, 15) is 14.4 Å². The van der Waals surface area contributed by atoms with Crippen LogP contribution in [0.1, 0.15) is 24.2 Å². The predicted molar refractivity (Wildman–Crippen MR) is 85.4 cm³/mol. The highest BCUT2D eigenvalue weighted by Crippen LogP contribution is 2.29. The van der Waals surface area contributed by atoms with Gasteiger partial charge in [-0.25, -0.2) is 4.79 Å². The van der Waals surface area contributed by atoms with E-state index in [0.29, 0.717) is 10.9 Å². The van der Waals surface area contributed by atoms with Crippen molar-refractivity contribution >= 4 is 33.8 Å². The lowest BCUT2D eigenvalue weighted by atomic mass is 10.1. The Hall–Kier alpha value is -1.93. The van der Waals surface area contributed by atoms with E-state index >= 15 is 0 Å². The van der Waals surface area contributed by atoms with E-state index in [-0.39, 0.29) is 0 Å². The van der Waals surface area contributed by atoms with Gasteiger partial charge < -0.3 is 18.9 Å². The first-order chi connectivity index (χ1) is 11.4. The number of alkyl halides is 1. The Kier molecular flexibility index (Phi) is 6.33. The van der Waals surface area contributed by atoms with E-state index in [2.05, 4.69) is 15.9 Å². The number of carbonyl (C=O) groups excluding carboxylic acids is 3. The van der Waals surface area contributed by atoms with Crippen molar-refractivity contribution in [3.63, 3.8) is 0 Å². The minimum absolute atomic E-state index is 0.301. The summed E-state index contributed by atoms with van der Waals surface area (Å²) in [6.07, 6.45) is -3.72. The van der Waals surface area contributed by atoms with Crippen molar-refractivity contribution in [2.75, 3.05) is 5.33 Å². The lowest BCUT2D eigenvalue weighted by molar-refractivity contribution is -0.194. The van der Waals surface area contributed by atoms with Gasteiger partial charge >= 0.3 is 17.9 Å². The predicted octanol–water partition coefficient (Wildman–Crippen LogP) is 1.83. The van der Waals surface area contributed by atoms with E-state index in [4.69, 9.17) is 18.9 Å². The van der Waals surface area contributed by atoms with Crippen LogP contribution in [0, 0.1) is 0 Å². The average molecular weight is 401 g/mol. The van der Waals surface area contributed by atoms with Gasteiger partial charge in [-0.1, -0.05) is 34.1 Å². The smallest absolute Gasteiger partial charge is 0.338 e. The third-order valence-electron chi connectivity index (χ3n) is 3.26. The van der Waals surface area contributed by atoms with Crippen LogP contribution in [0.2, 0.25) is 0 Å². The molecule has 0 aliphatic carbocycles. The normalized spacial score (nSPS) is 25.8. The molecule has 0 radical (unpaired) electrons. The van der Waals surface area contributed by atoms with E-state index in [0.717, 1.165) is 0 Å². The summed E-state index contributed by atoms with van der Waals surface area (Å²) in [7, 11) is 0. The molecule has 8 heteroatoms. The highest BCUT2D eigenvalue weighted by atomic mass is 79.9.